The lowest BCUT2D eigenvalue weighted by Gasteiger charge is -2.21. The van der Waals surface area contributed by atoms with Crippen molar-refractivity contribution in [1.29, 1.82) is 0 Å². The van der Waals surface area contributed by atoms with E-state index in [1.165, 1.54) is 0 Å². The van der Waals surface area contributed by atoms with Crippen molar-refractivity contribution in [3.63, 3.8) is 0 Å². The molecule has 0 heterocycles. The molecule has 4 heteroatoms. The lowest BCUT2D eigenvalue weighted by Crippen LogP contribution is -2.34. The number of carbonyl (C=O) groups excluding carboxylic acids is 1. The molecule has 1 aromatic rings. The Morgan fingerprint density at radius 3 is 2.32 bits per heavy atom. The van der Waals surface area contributed by atoms with E-state index in [0.717, 1.165) is 11.3 Å². The molecule has 1 rings (SSSR count). The van der Waals surface area contributed by atoms with Crippen molar-refractivity contribution in [2.45, 2.75) is 45.8 Å². The summed E-state index contributed by atoms with van der Waals surface area (Å²) < 4.78 is 10.6. The number of hydrogen-bond donors (Lipinski definition) is 1. The van der Waals surface area contributed by atoms with Crippen LogP contribution in [0.2, 0.25) is 0 Å². The molecule has 0 aliphatic carbocycles. The molecule has 1 atom stereocenters. The Bertz CT molecular complexity index is 406. The minimum absolute atomic E-state index is 0.219. The van der Waals surface area contributed by atoms with Crippen LogP contribution in [0.4, 0.5) is 0 Å². The molecule has 0 spiro atoms. The van der Waals surface area contributed by atoms with Crippen LogP contribution in [0, 0.1) is 0 Å². The van der Waals surface area contributed by atoms with E-state index >= 15 is 0 Å². The number of benzene rings is 1. The van der Waals surface area contributed by atoms with Crippen LogP contribution < -0.4 is 10.5 Å². The van der Waals surface area contributed by atoms with Gasteiger partial charge in [-0.2, -0.15) is 0 Å². The van der Waals surface area contributed by atoms with Gasteiger partial charge in [0.15, 0.2) is 0 Å². The monoisotopic (exact) mass is 265 g/mol. The summed E-state index contributed by atoms with van der Waals surface area (Å²) in [5, 5.41) is 0. The molecule has 0 radical (unpaired) electrons. The van der Waals surface area contributed by atoms with E-state index in [2.05, 4.69) is 0 Å². The van der Waals surface area contributed by atoms with E-state index in [1.54, 1.807) is 6.92 Å². The third-order valence-corrected chi connectivity index (χ3v) is 2.39. The summed E-state index contributed by atoms with van der Waals surface area (Å²) in [5.74, 6) is 0.443. The smallest absolute Gasteiger partial charge is 0.323 e. The van der Waals surface area contributed by atoms with Gasteiger partial charge in [-0.25, -0.2) is 0 Å². The normalized spacial score (nSPS) is 12.9. The molecule has 0 aliphatic rings. The number of hydrogen-bond acceptors (Lipinski definition) is 4. The van der Waals surface area contributed by atoms with Crippen LogP contribution in [0.25, 0.3) is 0 Å². The Labute approximate surface area is 114 Å². The fourth-order valence-corrected chi connectivity index (χ4v) is 1.63. The summed E-state index contributed by atoms with van der Waals surface area (Å²) in [6, 6.07) is 6.99. The van der Waals surface area contributed by atoms with Gasteiger partial charge in [-0.05, 0) is 51.8 Å². The zero-order valence-electron chi connectivity index (χ0n) is 12.1. The summed E-state index contributed by atoms with van der Waals surface area (Å²) >= 11 is 0. The van der Waals surface area contributed by atoms with E-state index in [9.17, 15) is 4.79 Å². The van der Waals surface area contributed by atoms with Crippen molar-refractivity contribution in [3.05, 3.63) is 29.8 Å². The van der Waals surface area contributed by atoms with E-state index < -0.39 is 6.04 Å². The van der Waals surface area contributed by atoms with Crippen LogP contribution >= 0.6 is 0 Å². The van der Waals surface area contributed by atoms with Gasteiger partial charge in [0, 0.05) is 0 Å². The van der Waals surface area contributed by atoms with Gasteiger partial charge in [-0.3, -0.25) is 4.79 Å². The van der Waals surface area contributed by atoms with Crippen LogP contribution in [-0.2, 0) is 16.0 Å². The van der Waals surface area contributed by atoms with Gasteiger partial charge in [0.05, 0.1) is 6.61 Å². The molecule has 0 aliphatic heterocycles. The summed E-state index contributed by atoms with van der Waals surface area (Å²) in [7, 11) is 0. The summed E-state index contributed by atoms with van der Waals surface area (Å²) in [4.78, 5) is 11.4. The predicted molar refractivity (Wildman–Crippen MR) is 75.1 cm³/mol. The highest BCUT2D eigenvalue weighted by molar-refractivity contribution is 5.75. The third-order valence-electron chi connectivity index (χ3n) is 2.39. The van der Waals surface area contributed by atoms with E-state index in [0.29, 0.717) is 13.0 Å². The highest BCUT2D eigenvalue weighted by Gasteiger charge is 2.15. The summed E-state index contributed by atoms with van der Waals surface area (Å²) in [6.45, 7) is 8.11. The molecular formula is C15H23NO3. The number of carbonyl (C=O) groups is 1. The SMILES string of the molecule is CCOC(=O)[C@H](N)Cc1ccc(OC(C)(C)C)cc1. The molecular weight excluding hydrogens is 242 g/mol. The number of rotatable bonds is 5. The molecule has 0 amide bonds. The van der Waals surface area contributed by atoms with E-state index in [4.69, 9.17) is 15.2 Å². The third kappa shape index (κ3) is 5.75. The van der Waals surface area contributed by atoms with Crippen LogP contribution in [-0.4, -0.2) is 24.2 Å². The second-order valence-corrected chi connectivity index (χ2v) is 5.42. The number of nitrogens with two attached hydrogens (primary N) is 1. The highest BCUT2D eigenvalue weighted by Crippen LogP contribution is 2.19. The maximum Gasteiger partial charge on any atom is 0.323 e. The number of esters is 1. The first-order valence-electron chi connectivity index (χ1n) is 6.52. The summed E-state index contributed by atoms with van der Waals surface area (Å²) in [5.41, 5.74) is 6.54. The molecule has 19 heavy (non-hydrogen) atoms. The predicted octanol–water partition coefficient (Wildman–Crippen LogP) is 2.30. The average molecular weight is 265 g/mol. The molecule has 106 valence electrons. The molecule has 0 bridgehead atoms. The van der Waals surface area contributed by atoms with E-state index in [-0.39, 0.29) is 11.6 Å². The first-order chi connectivity index (χ1) is 8.81. The second kappa shape index (κ2) is 6.57. The van der Waals surface area contributed by atoms with Crippen molar-refractivity contribution in [2.75, 3.05) is 6.61 Å². The Hall–Kier alpha value is -1.55. The van der Waals surface area contributed by atoms with Crippen LogP contribution in [0.15, 0.2) is 24.3 Å². The molecule has 0 unspecified atom stereocenters. The van der Waals surface area contributed by atoms with Gasteiger partial charge in [0.2, 0.25) is 0 Å². The Balaban J connectivity index is 2.59. The van der Waals surface area contributed by atoms with E-state index in [1.807, 2.05) is 45.0 Å². The fraction of sp³-hybridized carbons (Fsp3) is 0.533. The van der Waals surface area contributed by atoms with Crippen LogP contribution in [0.3, 0.4) is 0 Å². The molecule has 0 fully saturated rings. The van der Waals surface area contributed by atoms with Gasteiger partial charge < -0.3 is 15.2 Å². The molecule has 0 aromatic heterocycles. The maximum absolute atomic E-state index is 11.4. The second-order valence-electron chi connectivity index (χ2n) is 5.42. The van der Waals surface area contributed by atoms with Crippen molar-refractivity contribution in [1.82, 2.24) is 0 Å². The van der Waals surface area contributed by atoms with Gasteiger partial charge in [0.1, 0.15) is 17.4 Å². The minimum Gasteiger partial charge on any atom is -0.488 e. The van der Waals surface area contributed by atoms with Gasteiger partial charge in [0.25, 0.3) is 0 Å². The average Bonchev–Trinajstić information content (AvgIpc) is 2.30. The lowest BCUT2D eigenvalue weighted by molar-refractivity contribution is -0.144. The maximum atomic E-state index is 11.4. The standard InChI is InChI=1S/C15H23NO3/c1-5-18-14(17)13(16)10-11-6-8-12(9-7-11)19-15(2,3)4/h6-9,13H,5,10,16H2,1-4H3/t13-/m1/s1. The molecule has 2 N–H and O–H groups in total. The van der Waals surface area contributed by atoms with Gasteiger partial charge in [-0.1, -0.05) is 12.1 Å². The van der Waals surface area contributed by atoms with Gasteiger partial charge in [-0.15, -0.1) is 0 Å². The Morgan fingerprint density at radius 1 is 1.26 bits per heavy atom. The van der Waals surface area contributed by atoms with Crippen molar-refractivity contribution < 1.29 is 14.3 Å². The van der Waals surface area contributed by atoms with Crippen molar-refractivity contribution >= 4 is 5.97 Å². The molecule has 1 aromatic carbocycles. The first kappa shape index (κ1) is 15.5. The topological polar surface area (TPSA) is 61.5 Å². The molecule has 0 saturated heterocycles. The Morgan fingerprint density at radius 2 is 1.84 bits per heavy atom. The minimum atomic E-state index is -0.616. The Kier molecular flexibility index (Phi) is 5.36. The van der Waals surface area contributed by atoms with Crippen molar-refractivity contribution in [2.24, 2.45) is 5.73 Å². The summed E-state index contributed by atoms with van der Waals surface area (Å²) in [6.07, 6.45) is 0.467. The largest absolute Gasteiger partial charge is 0.488 e. The van der Waals surface area contributed by atoms with Crippen LogP contribution in [0.1, 0.15) is 33.3 Å². The zero-order chi connectivity index (χ0) is 14.5. The highest BCUT2D eigenvalue weighted by atomic mass is 16.5. The van der Waals surface area contributed by atoms with Crippen molar-refractivity contribution in [3.8, 4) is 5.75 Å². The molecule has 4 nitrogen and oxygen atoms in total. The lowest BCUT2D eigenvalue weighted by atomic mass is 10.1. The molecule has 0 saturated carbocycles. The number of ether oxygens (including phenoxy) is 2. The fourth-order valence-electron chi connectivity index (χ4n) is 1.63. The van der Waals surface area contributed by atoms with Gasteiger partial charge >= 0.3 is 5.97 Å². The van der Waals surface area contributed by atoms with Crippen LogP contribution in [0.5, 0.6) is 5.75 Å². The quantitative estimate of drug-likeness (QED) is 0.830. The zero-order valence-corrected chi connectivity index (χ0v) is 12.1. The first-order valence-corrected chi connectivity index (χ1v) is 6.52.